The lowest BCUT2D eigenvalue weighted by Gasteiger charge is -2.10. The number of nitrogens with zero attached hydrogens (tertiary/aromatic N) is 2. The molecule has 0 bridgehead atoms. The third-order valence-electron chi connectivity index (χ3n) is 2.53. The molecule has 0 saturated heterocycles. The van der Waals surface area contributed by atoms with E-state index in [9.17, 15) is 12.8 Å². The molecule has 0 amide bonds. The van der Waals surface area contributed by atoms with Gasteiger partial charge in [0, 0.05) is 7.05 Å². The van der Waals surface area contributed by atoms with Crippen LogP contribution in [0.25, 0.3) is 0 Å². The van der Waals surface area contributed by atoms with Crippen molar-refractivity contribution in [1.82, 2.24) is 9.55 Å². The van der Waals surface area contributed by atoms with Gasteiger partial charge in [0.1, 0.15) is 5.82 Å². The summed E-state index contributed by atoms with van der Waals surface area (Å²) >= 11 is 0. The molecule has 2 rings (SSSR count). The Morgan fingerprint density at radius 1 is 1.42 bits per heavy atom. The van der Waals surface area contributed by atoms with Crippen LogP contribution in [0.15, 0.2) is 29.6 Å². The first-order chi connectivity index (χ1) is 8.81. The first-order valence-corrected chi connectivity index (χ1v) is 6.85. The van der Waals surface area contributed by atoms with Gasteiger partial charge in [-0.25, -0.2) is 9.37 Å². The Morgan fingerprint density at radius 2 is 2.11 bits per heavy atom. The zero-order valence-electron chi connectivity index (χ0n) is 10.4. The molecule has 0 aliphatic carbocycles. The smallest absolute Gasteiger partial charge is 0.281 e. The number of aromatic nitrogens is 2. The Kier molecular flexibility index (Phi) is 3.19. The van der Waals surface area contributed by atoms with Crippen molar-refractivity contribution in [2.75, 3.05) is 10.5 Å². The van der Waals surface area contributed by atoms with Crippen molar-refractivity contribution >= 4 is 21.5 Å². The number of nitrogens with one attached hydrogen (secondary N) is 1. The predicted molar refractivity (Wildman–Crippen MR) is 69.6 cm³/mol. The van der Waals surface area contributed by atoms with E-state index < -0.39 is 15.8 Å². The van der Waals surface area contributed by atoms with Crippen molar-refractivity contribution in [3.8, 4) is 0 Å². The maximum Gasteiger partial charge on any atom is 0.281 e. The summed E-state index contributed by atoms with van der Waals surface area (Å²) in [5.74, 6) is -0.794. The van der Waals surface area contributed by atoms with Crippen LogP contribution in [0, 0.1) is 12.7 Å². The lowest BCUT2D eigenvalue weighted by molar-refractivity contribution is 0.589. The van der Waals surface area contributed by atoms with Crippen molar-refractivity contribution < 1.29 is 12.8 Å². The number of sulfonamides is 1. The lowest BCUT2D eigenvalue weighted by atomic mass is 10.2. The third-order valence-corrected chi connectivity index (χ3v) is 4.03. The molecule has 0 aliphatic heterocycles. The van der Waals surface area contributed by atoms with Crippen molar-refractivity contribution in [2.45, 2.75) is 11.9 Å². The summed E-state index contributed by atoms with van der Waals surface area (Å²) in [6, 6.07) is 4.14. The number of rotatable bonds is 3. The van der Waals surface area contributed by atoms with Crippen LogP contribution >= 0.6 is 0 Å². The van der Waals surface area contributed by atoms with E-state index >= 15 is 0 Å². The maximum atomic E-state index is 13.6. The quantitative estimate of drug-likeness (QED) is 0.887. The highest BCUT2D eigenvalue weighted by Gasteiger charge is 2.23. The van der Waals surface area contributed by atoms with Gasteiger partial charge in [0.15, 0.2) is 10.8 Å². The van der Waals surface area contributed by atoms with Gasteiger partial charge in [-0.15, -0.1) is 0 Å². The van der Waals surface area contributed by atoms with Crippen LogP contribution in [0.1, 0.15) is 5.56 Å². The zero-order valence-corrected chi connectivity index (χ0v) is 11.2. The molecule has 6 nitrogen and oxygen atoms in total. The predicted octanol–water partition coefficient (Wildman–Crippen LogP) is 1.25. The van der Waals surface area contributed by atoms with Crippen LogP contribution in [0.5, 0.6) is 0 Å². The molecular formula is C11H13FN4O2S. The molecular weight excluding hydrogens is 271 g/mol. The van der Waals surface area contributed by atoms with Gasteiger partial charge in [-0.2, -0.15) is 8.42 Å². The zero-order chi connectivity index (χ0) is 14.2. The van der Waals surface area contributed by atoms with E-state index in [-0.39, 0.29) is 16.5 Å². The first kappa shape index (κ1) is 13.3. The van der Waals surface area contributed by atoms with Crippen LogP contribution in [0.3, 0.4) is 0 Å². The Morgan fingerprint density at radius 3 is 2.68 bits per heavy atom. The molecule has 1 aromatic carbocycles. The molecule has 1 aromatic heterocycles. The summed E-state index contributed by atoms with van der Waals surface area (Å²) in [4.78, 5) is 3.69. The van der Waals surface area contributed by atoms with Crippen molar-refractivity contribution in [3.63, 3.8) is 0 Å². The van der Waals surface area contributed by atoms with E-state index in [1.54, 1.807) is 13.0 Å². The minimum atomic E-state index is -3.99. The summed E-state index contributed by atoms with van der Waals surface area (Å²) in [6.07, 6.45) is 1.27. The molecule has 0 unspecified atom stereocenters. The number of imidazole rings is 1. The van der Waals surface area contributed by atoms with Crippen LogP contribution in [0.2, 0.25) is 0 Å². The number of aryl methyl sites for hydroxylation is 2. The molecule has 102 valence electrons. The van der Waals surface area contributed by atoms with Gasteiger partial charge >= 0.3 is 0 Å². The van der Waals surface area contributed by atoms with Crippen LogP contribution in [-0.2, 0) is 17.1 Å². The number of anilines is 2. The number of nitrogen functional groups attached to an aromatic ring is 1. The second-order valence-electron chi connectivity index (χ2n) is 4.13. The van der Waals surface area contributed by atoms with E-state index in [2.05, 4.69) is 9.71 Å². The highest BCUT2D eigenvalue weighted by atomic mass is 32.2. The summed E-state index contributed by atoms with van der Waals surface area (Å²) < 4.78 is 41.3. The summed E-state index contributed by atoms with van der Waals surface area (Å²) in [7, 11) is -2.49. The fraction of sp³-hybridized carbons (Fsp3) is 0.182. The van der Waals surface area contributed by atoms with E-state index in [0.29, 0.717) is 0 Å². The van der Waals surface area contributed by atoms with Crippen LogP contribution in [-0.4, -0.2) is 18.0 Å². The molecule has 0 atom stereocenters. The molecule has 2 aromatic rings. The number of benzene rings is 1. The first-order valence-electron chi connectivity index (χ1n) is 5.37. The largest absolute Gasteiger partial charge is 0.381 e. The second kappa shape index (κ2) is 4.54. The van der Waals surface area contributed by atoms with Gasteiger partial charge in [0.25, 0.3) is 10.0 Å². The SMILES string of the molecule is Cc1ccc(F)c(NS(=O)(=O)c2c(N)ncn2C)c1. The molecule has 0 fully saturated rings. The number of hydrogen-bond acceptors (Lipinski definition) is 4. The van der Waals surface area contributed by atoms with Gasteiger partial charge in [-0.3, -0.25) is 4.72 Å². The molecule has 0 radical (unpaired) electrons. The summed E-state index contributed by atoms with van der Waals surface area (Å²) in [5, 5.41) is -0.201. The van der Waals surface area contributed by atoms with Gasteiger partial charge < -0.3 is 10.3 Å². The fourth-order valence-electron chi connectivity index (χ4n) is 1.67. The normalized spacial score (nSPS) is 11.5. The van der Waals surface area contributed by atoms with E-state index in [1.807, 2.05) is 0 Å². The minimum absolute atomic E-state index is 0.124. The van der Waals surface area contributed by atoms with Crippen molar-refractivity contribution in [1.29, 1.82) is 0 Å². The number of nitrogens with two attached hydrogens (primary N) is 1. The lowest BCUT2D eigenvalue weighted by Crippen LogP contribution is -2.18. The Bertz CT molecular complexity index is 705. The number of hydrogen-bond donors (Lipinski definition) is 2. The van der Waals surface area contributed by atoms with Crippen LogP contribution in [0.4, 0.5) is 15.9 Å². The average molecular weight is 284 g/mol. The highest BCUT2D eigenvalue weighted by molar-refractivity contribution is 7.92. The molecule has 0 aliphatic rings. The maximum absolute atomic E-state index is 13.6. The van der Waals surface area contributed by atoms with Crippen LogP contribution < -0.4 is 10.5 Å². The minimum Gasteiger partial charge on any atom is -0.381 e. The Balaban J connectivity index is 2.45. The fourth-order valence-corrected chi connectivity index (χ4v) is 2.97. The Labute approximate surface area is 110 Å². The molecule has 1 heterocycles. The Hall–Kier alpha value is -2.09. The van der Waals surface area contributed by atoms with E-state index in [0.717, 1.165) is 5.56 Å². The topological polar surface area (TPSA) is 90.0 Å². The van der Waals surface area contributed by atoms with Crippen molar-refractivity contribution in [3.05, 3.63) is 35.9 Å². The highest BCUT2D eigenvalue weighted by Crippen LogP contribution is 2.22. The standard InChI is InChI=1S/C11H13FN4O2S/c1-7-3-4-8(12)9(5-7)15-19(17,18)11-10(13)14-6-16(11)2/h3-6,15H,13H2,1-2H3. The average Bonchev–Trinajstić information content (AvgIpc) is 2.64. The van der Waals surface area contributed by atoms with E-state index in [4.69, 9.17) is 5.73 Å². The molecule has 0 spiro atoms. The third kappa shape index (κ3) is 2.53. The number of halogens is 1. The molecule has 8 heteroatoms. The van der Waals surface area contributed by atoms with Gasteiger partial charge in [-0.05, 0) is 24.6 Å². The second-order valence-corrected chi connectivity index (χ2v) is 5.73. The van der Waals surface area contributed by atoms with Gasteiger partial charge in [-0.1, -0.05) is 6.07 Å². The molecule has 19 heavy (non-hydrogen) atoms. The summed E-state index contributed by atoms with van der Waals surface area (Å²) in [6.45, 7) is 1.73. The van der Waals surface area contributed by atoms with Gasteiger partial charge in [0.2, 0.25) is 0 Å². The van der Waals surface area contributed by atoms with Gasteiger partial charge in [0.05, 0.1) is 12.0 Å². The molecule has 0 saturated carbocycles. The summed E-state index contributed by atoms with van der Waals surface area (Å²) in [5.41, 5.74) is 6.11. The monoisotopic (exact) mass is 284 g/mol. The molecule has 3 N–H and O–H groups in total. The van der Waals surface area contributed by atoms with Crippen molar-refractivity contribution in [2.24, 2.45) is 7.05 Å². The van der Waals surface area contributed by atoms with E-state index in [1.165, 1.54) is 30.1 Å².